The number of hydrogen-bond donors (Lipinski definition) is 0. The van der Waals surface area contributed by atoms with Crippen LogP contribution < -0.4 is 0 Å². The topological polar surface area (TPSA) is 38.7 Å². The van der Waals surface area contributed by atoms with E-state index in [1.165, 1.54) is 44.5 Å². The number of pyridine rings is 1. The Labute approximate surface area is 334 Å². The van der Waals surface area contributed by atoms with Gasteiger partial charge in [-0.3, -0.25) is 0 Å². The van der Waals surface area contributed by atoms with Crippen molar-refractivity contribution in [1.29, 1.82) is 0 Å². The van der Waals surface area contributed by atoms with Gasteiger partial charge in [0.1, 0.15) is 0 Å². The van der Waals surface area contributed by atoms with Crippen LogP contribution in [0.25, 0.3) is 67.5 Å². The average Bonchev–Trinajstić information content (AvgIpc) is 3.57. The molecule has 0 bridgehead atoms. The lowest BCUT2D eigenvalue weighted by molar-refractivity contribution is 0.769. The van der Waals surface area contributed by atoms with Gasteiger partial charge >= 0.3 is 0 Å². The van der Waals surface area contributed by atoms with Crippen molar-refractivity contribution in [2.24, 2.45) is 0 Å². The quantitative estimate of drug-likeness (QED) is 0.164. The zero-order valence-corrected chi connectivity index (χ0v) is 31.9. The lowest BCUT2D eigenvalue weighted by Gasteiger charge is -2.34. The van der Waals surface area contributed by atoms with Crippen molar-refractivity contribution in [2.45, 2.75) is 19.3 Å². The molecule has 7 aromatic carbocycles. The molecule has 0 N–H and O–H groups in total. The predicted molar refractivity (Wildman–Crippen MR) is 234 cm³/mol. The van der Waals surface area contributed by atoms with Crippen LogP contribution in [0.5, 0.6) is 0 Å². The van der Waals surface area contributed by atoms with Gasteiger partial charge in [0.2, 0.25) is 0 Å². The van der Waals surface area contributed by atoms with Gasteiger partial charge in [-0.25, -0.2) is 15.0 Å². The van der Waals surface area contributed by atoms with Gasteiger partial charge in [-0.2, -0.15) is 0 Å². The monoisotopic (exact) mass is 729 g/mol. The molecule has 1 atom stereocenters. The van der Waals surface area contributed by atoms with E-state index in [0.717, 1.165) is 50.6 Å². The van der Waals surface area contributed by atoms with Gasteiger partial charge in [-0.1, -0.05) is 170 Å². The predicted octanol–water partition coefficient (Wildman–Crippen LogP) is 13.2. The highest BCUT2D eigenvalue weighted by Gasteiger charge is 2.46. The molecule has 0 spiro atoms. The second kappa shape index (κ2) is 14.1. The third-order valence-electron chi connectivity index (χ3n) is 11.4. The van der Waals surface area contributed by atoms with Crippen LogP contribution in [0, 0.1) is 13.8 Å². The van der Waals surface area contributed by atoms with Crippen LogP contribution in [0.15, 0.2) is 200 Å². The van der Waals surface area contributed by atoms with Crippen LogP contribution >= 0.6 is 0 Å². The number of aryl methyl sites for hydroxylation is 2. The highest BCUT2D eigenvalue weighted by atomic mass is 14.9. The summed E-state index contributed by atoms with van der Waals surface area (Å²) in [5, 5.41) is 0. The Balaban J connectivity index is 1.18. The fourth-order valence-electron chi connectivity index (χ4n) is 8.71. The van der Waals surface area contributed by atoms with E-state index in [9.17, 15) is 0 Å². The lowest BCUT2D eigenvalue weighted by Crippen LogP contribution is -2.28. The van der Waals surface area contributed by atoms with Crippen molar-refractivity contribution < 1.29 is 0 Å². The van der Waals surface area contributed by atoms with Gasteiger partial charge in [-0.15, -0.1) is 0 Å². The molecule has 2 aromatic heterocycles. The molecule has 0 saturated carbocycles. The highest BCUT2D eigenvalue weighted by Crippen LogP contribution is 2.57. The van der Waals surface area contributed by atoms with E-state index in [1.54, 1.807) is 0 Å². The molecule has 0 fully saturated rings. The summed E-state index contributed by atoms with van der Waals surface area (Å²) in [4.78, 5) is 15.6. The van der Waals surface area contributed by atoms with E-state index >= 15 is 0 Å². The maximum atomic E-state index is 5.24. The van der Waals surface area contributed by atoms with Crippen molar-refractivity contribution in [2.75, 3.05) is 0 Å². The molecule has 9 aromatic rings. The van der Waals surface area contributed by atoms with Crippen molar-refractivity contribution in [3.05, 3.63) is 234 Å². The van der Waals surface area contributed by atoms with Crippen LogP contribution in [-0.2, 0) is 5.41 Å². The first-order chi connectivity index (χ1) is 28.1. The summed E-state index contributed by atoms with van der Waals surface area (Å²) in [5.41, 5.74) is 18.2. The van der Waals surface area contributed by atoms with Gasteiger partial charge in [0.05, 0.1) is 28.2 Å². The first-order valence-electron chi connectivity index (χ1n) is 19.5. The summed E-state index contributed by atoms with van der Waals surface area (Å²) in [5.74, 6) is 0.707. The molecule has 1 aliphatic carbocycles. The van der Waals surface area contributed by atoms with E-state index < -0.39 is 5.41 Å². The maximum Gasteiger partial charge on any atom is 0.160 e. The standard InChI is InChI=1S/C54H39N3/c1-36-31-49(38-18-6-3-7-19-38)55-50(32-36)41-29-30-48-46(34-41)45-27-14-15-28-47(45)54(48,42-23-10-5-11-24-42)43-25-16-22-40(33-43)51-35-52(44-26-13-12-17-37(44)2)57-53(56-51)39-20-8-4-9-21-39/h3-35H,1-2H3. The first kappa shape index (κ1) is 34.3. The Bertz CT molecular complexity index is 2920. The second-order valence-electron chi connectivity index (χ2n) is 14.9. The Hall–Kier alpha value is -7.23. The van der Waals surface area contributed by atoms with Gasteiger partial charge in [0.25, 0.3) is 0 Å². The average molecular weight is 730 g/mol. The summed E-state index contributed by atoms with van der Waals surface area (Å²) in [6.45, 7) is 4.29. The molecule has 0 saturated heterocycles. The largest absolute Gasteiger partial charge is 0.248 e. The summed E-state index contributed by atoms with van der Waals surface area (Å²) in [7, 11) is 0. The Kier molecular flexibility index (Phi) is 8.49. The Morgan fingerprint density at radius 3 is 1.63 bits per heavy atom. The number of rotatable bonds is 7. The molecule has 3 nitrogen and oxygen atoms in total. The minimum Gasteiger partial charge on any atom is -0.248 e. The maximum absolute atomic E-state index is 5.24. The van der Waals surface area contributed by atoms with Gasteiger partial charge in [-0.05, 0) is 88.7 Å². The number of benzene rings is 7. The molecular formula is C54H39N3. The summed E-state index contributed by atoms with van der Waals surface area (Å²) in [6, 6.07) is 71.5. The van der Waals surface area contributed by atoms with Gasteiger partial charge < -0.3 is 0 Å². The highest BCUT2D eigenvalue weighted by molar-refractivity contribution is 5.89. The number of fused-ring (bicyclic) bond motifs is 3. The Morgan fingerprint density at radius 2 is 0.877 bits per heavy atom. The molecular weight excluding hydrogens is 691 g/mol. The fourth-order valence-corrected chi connectivity index (χ4v) is 8.71. The van der Waals surface area contributed by atoms with Crippen LogP contribution in [0.2, 0.25) is 0 Å². The van der Waals surface area contributed by atoms with Crippen molar-refractivity contribution in [3.8, 4) is 67.5 Å². The molecule has 0 aliphatic heterocycles. The van der Waals surface area contributed by atoms with Crippen molar-refractivity contribution in [1.82, 2.24) is 15.0 Å². The molecule has 1 unspecified atom stereocenters. The van der Waals surface area contributed by atoms with Crippen molar-refractivity contribution in [3.63, 3.8) is 0 Å². The molecule has 0 amide bonds. The third kappa shape index (κ3) is 5.96. The van der Waals surface area contributed by atoms with Crippen LogP contribution in [0.1, 0.15) is 33.4 Å². The molecule has 1 aliphatic rings. The molecule has 3 heteroatoms. The number of aromatic nitrogens is 3. The Morgan fingerprint density at radius 1 is 0.333 bits per heavy atom. The van der Waals surface area contributed by atoms with E-state index in [0.29, 0.717) is 5.82 Å². The SMILES string of the molecule is Cc1cc(-c2ccccc2)nc(-c2ccc3c(c2)-c2ccccc2C3(c2ccccc2)c2cccc(-c3cc(-c4ccccc4C)nc(-c4ccccc4)n3)c2)c1. The van der Waals surface area contributed by atoms with E-state index in [-0.39, 0.29) is 0 Å². The normalized spacial score (nSPS) is 14.2. The smallest absolute Gasteiger partial charge is 0.160 e. The van der Waals surface area contributed by atoms with Gasteiger partial charge in [0.15, 0.2) is 5.82 Å². The van der Waals surface area contributed by atoms with Crippen LogP contribution in [0.3, 0.4) is 0 Å². The number of hydrogen-bond acceptors (Lipinski definition) is 3. The van der Waals surface area contributed by atoms with Crippen molar-refractivity contribution >= 4 is 0 Å². The minimum atomic E-state index is -0.578. The zero-order valence-electron chi connectivity index (χ0n) is 31.9. The van der Waals surface area contributed by atoms with E-state index in [2.05, 4.69) is 190 Å². The summed E-state index contributed by atoms with van der Waals surface area (Å²) >= 11 is 0. The lowest BCUT2D eigenvalue weighted by atomic mass is 9.67. The first-order valence-corrected chi connectivity index (χ1v) is 19.5. The summed E-state index contributed by atoms with van der Waals surface area (Å²) in [6.07, 6.45) is 0. The second-order valence-corrected chi connectivity index (χ2v) is 14.9. The molecule has 0 radical (unpaired) electrons. The molecule has 270 valence electrons. The van der Waals surface area contributed by atoms with Gasteiger partial charge in [0, 0.05) is 27.8 Å². The van der Waals surface area contributed by atoms with Crippen LogP contribution in [-0.4, -0.2) is 15.0 Å². The third-order valence-corrected chi connectivity index (χ3v) is 11.4. The number of nitrogens with zero attached hydrogens (tertiary/aromatic N) is 3. The zero-order chi connectivity index (χ0) is 38.3. The van der Waals surface area contributed by atoms with E-state index in [1.807, 2.05) is 24.3 Å². The van der Waals surface area contributed by atoms with Crippen LogP contribution in [0.4, 0.5) is 0 Å². The molecule has 57 heavy (non-hydrogen) atoms. The minimum absolute atomic E-state index is 0.578. The van der Waals surface area contributed by atoms with E-state index in [4.69, 9.17) is 15.0 Å². The summed E-state index contributed by atoms with van der Waals surface area (Å²) < 4.78 is 0. The molecule has 10 rings (SSSR count). The fraction of sp³-hybridized carbons (Fsp3) is 0.0556. The molecule has 2 heterocycles.